The van der Waals surface area contributed by atoms with Crippen LogP contribution in [0.25, 0.3) is 0 Å². The van der Waals surface area contributed by atoms with Crippen molar-refractivity contribution in [2.75, 3.05) is 0 Å². The molecule has 1 saturated carbocycles. The minimum Gasteiger partial charge on any atom is -0.336 e. The smallest absolute Gasteiger partial charge is 0.229 e. The molecule has 1 aromatic rings. The lowest BCUT2D eigenvalue weighted by Gasteiger charge is -2.28. The van der Waals surface area contributed by atoms with E-state index in [1.54, 1.807) is 0 Å². The Labute approximate surface area is 130 Å². The third kappa shape index (κ3) is 2.33. The molecule has 0 bridgehead atoms. The lowest BCUT2D eigenvalue weighted by molar-refractivity contribution is -0.135. The van der Waals surface area contributed by atoms with E-state index in [-0.39, 0.29) is 23.9 Å². The van der Waals surface area contributed by atoms with Crippen LogP contribution >= 0.6 is 23.2 Å². The van der Waals surface area contributed by atoms with E-state index in [0.717, 1.165) is 6.42 Å². The number of hydrogen-bond donors (Lipinski definition) is 0. The van der Waals surface area contributed by atoms with E-state index in [1.165, 1.54) is 5.56 Å². The molecule has 1 saturated heterocycles. The van der Waals surface area contributed by atoms with Gasteiger partial charge in [0.25, 0.3) is 0 Å². The van der Waals surface area contributed by atoms with E-state index >= 15 is 0 Å². The molecule has 108 valence electrons. The van der Waals surface area contributed by atoms with E-state index in [2.05, 4.69) is 38.1 Å². The van der Waals surface area contributed by atoms with Gasteiger partial charge < -0.3 is 4.90 Å². The number of alkyl halides is 2. The highest BCUT2D eigenvalue weighted by atomic mass is 35.5. The molecular weight excluding hydrogens is 293 g/mol. The second-order valence-corrected chi connectivity index (χ2v) is 7.65. The lowest BCUT2D eigenvalue weighted by Crippen LogP contribution is -2.41. The first-order valence-electron chi connectivity index (χ1n) is 7.17. The van der Waals surface area contributed by atoms with Crippen LogP contribution in [0.2, 0.25) is 0 Å². The van der Waals surface area contributed by atoms with Gasteiger partial charge in [-0.1, -0.05) is 30.3 Å². The average Bonchev–Trinajstić information content (AvgIpc) is 2.95. The number of benzene rings is 1. The Morgan fingerprint density at radius 2 is 1.85 bits per heavy atom. The van der Waals surface area contributed by atoms with Crippen LogP contribution in [0.1, 0.15) is 38.2 Å². The minimum absolute atomic E-state index is 0.119. The van der Waals surface area contributed by atoms with Crippen LogP contribution in [-0.2, 0) is 4.79 Å². The van der Waals surface area contributed by atoms with Crippen molar-refractivity contribution in [2.45, 2.75) is 49.0 Å². The van der Waals surface area contributed by atoms with E-state index in [9.17, 15) is 4.79 Å². The molecular formula is C16H19Cl2NO. The Hall–Kier alpha value is -0.730. The van der Waals surface area contributed by atoms with Crippen molar-refractivity contribution < 1.29 is 4.79 Å². The standard InChI is InChI=1S/C16H19Cl2NO/c1-10-8-13(12-6-4-3-5-7-12)11(2)19(10)15(20)14-9-16(14,17)18/h3-7,10-11,13-14H,8-9H2,1-2H3/t10-,11-,13+,14-/m1/s1. The van der Waals surface area contributed by atoms with Crippen LogP contribution in [0.4, 0.5) is 0 Å². The van der Waals surface area contributed by atoms with E-state index in [4.69, 9.17) is 23.2 Å². The van der Waals surface area contributed by atoms with Crippen molar-refractivity contribution in [3.8, 4) is 0 Å². The van der Waals surface area contributed by atoms with Gasteiger partial charge in [-0.3, -0.25) is 4.79 Å². The molecule has 0 spiro atoms. The Morgan fingerprint density at radius 1 is 1.25 bits per heavy atom. The van der Waals surface area contributed by atoms with Gasteiger partial charge in [-0.25, -0.2) is 0 Å². The highest BCUT2D eigenvalue weighted by Crippen LogP contribution is 2.55. The van der Waals surface area contributed by atoms with Crippen molar-refractivity contribution in [2.24, 2.45) is 5.92 Å². The van der Waals surface area contributed by atoms with Crippen molar-refractivity contribution in [3.63, 3.8) is 0 Å². The molecule has 4 atom stereocenters. The zero-order valence-corrected chi connectivity index (χ0v) is 13.2. The van der Waals surface area contributed by atoms with E-state index < -0.39 is 4.33 Å². The number of carbonyl (C=O) groups is 1. The number of amides is 1. The first-order valence-corrected chi connectivity index (χ1v) is 7.92. The SMILES string of the molecule is C[C@@H]1C[C@H](c2ccccc2)[C@@H](C)N1C(=O)[C@H]1CC1(Cl)Cl. The van der Waals surface area contributed by atoms with Gasteiger partial charge in [0.2, 0.25) is 5.91 Å². The largest absolute Gasteiger partial charge is 0.336 e. The summed E-state index contributed by atoms with van der Waals surface area (Å²) in [7, 11) is 0. The summed E-state index contributed by atoms with van der Waals surface area (Å²) in [6.45, 7) is 4.25. The summed E-state index contributed by atoms with van der Waals surface area (Å²) in [5.74, 6) is 0.299. The average molecular weight is 312 g/mol. The Kier molecular flexibility index (Phi) is 3.50. The molecule has 1 heterocycles. The Morgan fingerprint density at radius 3 is 2.40 bits per heavy atom. The quantitative estimate of drug-likeness (QED) is 0.757. The van der Waals surface area contributed by atoms with E-state index in [0.29, 0.717) is 12.3 Å². The van der Waals surface area contributed by atoms with Gasteiger partial charge in [0.1, 0.15) is 4.33 Å². The first kappa shape index (κ1) is 14.2. The fourth-order valence-electron chi connectivity index (χ4n) is 3.47. The van der Waals surface area contributed by atoms with Gasteiger partial charge >= 0.3 is 0 Å². The molecule has 0 N–H and O–H groups in total. The van der Waals surface area contributed by atoms with Crippen molar-refractivity contribution in [1.82, 2.24) is 4.90 Å². The predicted molar refractivity (Wildman–Crippen MR) is 82.1 cm³/mol. The van der Waals surface area contributed by atoms with Crippen LogP contribution < -0.4 is 0 Å². The zero-order valence-electron chi connectivity index (χ0n) is 11.7. The Bertz CT molecular complexity index is 516. The molecule has 20 heavy (non-hydrogen) atoms. The first-order chi connectivity index (χ1) is 9.42. The maximum Gasteiger partial charge on any atom is 0.229 e. The molecule has 1 amide bonds. The highest BCUT2D eigenvalue weighted by molar-refractivity contribution is 6.52. The zero-order chi connectivity index (χ0) is 14.5. The van der Waals surface area contributed by atoms with Gasteiger partial charge in [0.05, 0.1) is 5.92 Å². The number of carbonyl (C=O) groups excluding carboxylic acids is 1. The number of halogens is 2. The summed E-state index contributed by atoms with van der Waals surface area (Å²) in [6.07, 6.45) is 1.59. The van der Waals surface area contributed by atoms with Gasteiger partial charge in [-0.15, -0.1) is 23.2 Å². The van der Waals surface area contributed by atoms with E-state index in [1.807, 2.05) is 11.0 Å². The van der Waals surface area contributed by atoms with Gasteiger partial charge in [-0.05, 0) is 32.3 Å². The normalized spacial score (nSPS) is 35.1. The summed E-state index contributed by atoms with van der Waals surface area (Å²) in [4.78, 5) is 14.6. The maximum absolute atomic E-state index is 12.6. The summed E-state index contributed by atoms with van der Waals surface area (Å²) >= 11 is 12.1. The summed E-state index contributed by atoms with van der Waals surface area (Å²) in [6, 6.07) is 10.9. The highest BCUT2D eigenvalue weighted by Gasteiger charge is 2.59. The maximum atomic E-state index is 12.6. The fraction of sp³-hybridized carbons (Fsp3) is 0.562. The minimum atomic E-state index is -0.832. The van der Waals surface area contributed by atoms with Crippen LogP contribution in [-0.4, -0.2) is 27.2 Å². The third-order valence-electron chi connectivity index (χ3n) is 4.70. The topological polar surface area (TPSA) is 20.3 Å². The summed E-state index contributed by atoms with van der Waals surface area (Å²) in [5, 5.41) is 0. The molecule has 2 fully saturated rings. The number of likely N-dealkylation sites (tertiary alicyclic amines) is 1. The molecule has 2 aliphatic rings. The van der Waals surface area contributed by atoms with Gasteiger partial charge in [0.15, 0.2) is 0 Å². The van der Waals surface area contributed by atoms with Crippen molar-refractivity contribution >= 4 is 29.1 Å². The summed E-state index contributed by atoms with van der Waals surface area (Å²) in [5.41, 5.74) is 1.31. The Balaban J connectivity index is 1.79. The van der Waals surface area contributed by atoms with Gasteiger partial charge in [-0.2, -0.15) is 0 Å². The van der Waals surface area contributed by atoms with Crippen LogP contribution in [0, 0.1) is 5.92 Å². The monoisotopic (exact) mass is 311 g/mol. The molecule has 1 aliphatic heterocycles. The molecule has 0 unspecified atom stereocenters. The molecule has 3 rings (SSSR count). The molecule has 0 radical (unpaired) electrons. The lowest BCUT2D eigenvalue weighted by atomic mass is 9.92. The van der Waals surface area contributed by atoms with Crippen LogP contribution in [0.5, 0.6) is 0 Å². The summed E-state index contributed by atoms with van der Waals surface area (Å²) < 4.78 is -0.832. The number of rotatable bonds is 2. The van der Waals surface area contributed by atoms with Crippen molar-refractivity contribution in [3.05, 3.63) is 35.9 Å². The molecule has 2 nitrogen and oxygen atoms in total. The molecule has 4 heteroatoms. The number of hydrogen-bond acceptors (Lipinski definition) is 1. The van der Waals surface area contributed by atoms with Crippen LogP contribution in [0.3, 0.4) is 0 Å². The molecule has 1 aromatic carbocycles. The second-order valence-electron chi connectivity index (χ2n) is 6.11. The molecule has 0 aromatic heterocycles. The predicted octanol–water partition coefficient (Wildman–Crippen LogP) is 3.97. The molecule has 1 aliphatic carbocycles. The second kappa shape index (κ2) is 4.92. The third-order valence-corrected chi connectivity index (χ3v) is 5.53. The number of nitrogens with zero attached hydrogens (tertiary/aromatic N) is 1. The fourth-order valence-corrected chi connectivity index (χ4v) is 3.96. The van der Waals surface area contributed by atoms with Crippen molar-refractivity contribution in [1.29, 1.82) is 0 Å². The van der Waals surface area contributed by atoms with Crippen LogP contribution in [0.15, 0.2) is 30.3 Å². The van der Waals surface area contributed by atoms with Gasteiger partial charge in [0, 0.05) is 18.0 Å².